The average molecular weight is 270 g/mol. The Bertz CT molecular complexity index is 492. The van der Waals surface area contributed by atoms with Crippen LogP contribution in [0.25, 0.3) is 0 Å². The van der Waals surface area contributed by atoms with Gasteiger partial charge in [0.25, 0.3) is 0 Å². The molecule has 1 aliphatic heterocycles. The molecule has 0 fully saturated rings. The molecule has 0 bridgehead atoms. The van der Waals surface area contributed by atoms with Gasteiger partial charge < -0.3 is 9.67 Å². The molecule has 1 aromatic heterocycles. The Labute approximate surface area is 110 Å². The van der Waals surface area contributed by atoms with Crippen molar-refractivity contribution >= 4 is 17.3 Å². The van der Waals surface area contributed by atoms with E-state index in [-0.39, 0.29) is 11.3 Å². The lowest BCUT2D eigenvalue weighted by molar-refractivity contribution is -0.137. The van der Waals surface area contributed by atoms with E-state index < -0.39 is 5.97 Å². The standard InChI is InChI=1S/C12H18N2O3S/c1-2-5-13-6-3-9-10(8-13)18-12(17)14(9)7-4-11(15)16/h2-8H2,1H3,(H,15,16). The first-order valence-electron chi connectivity index (χ1n) is 6.27. The highest BCUT2D eigenvalue weighted by Crippen LogP contribution is 2.21. The molecule has 1 N–H and O–H groups in total. The minimum atomic E-state index is -0.856. The van der Waals surface area contributed by atoms with Gasteiger partial charge in [-0.3, -0.25) is 14.5 Å². The average Bonchev–Trinajstić information content (AvgIpc) is 2.62. The summed E-state index contributed by atoms with van der Waals surface area (Å²) < 4.78 is 1.65. The Kier molecular flexibility index (Phi) is 4.19. The summed E-state index contributed by atoms with van der Waals surface area (Å²) >= 11 is 1.27. The second kappa shape index (κ2) is 5.67. The number of carboxylic acids is 1. The molecule has 0 amide bonds. The Balaban J connectivity index is 2.15. The summed E-state index contributed by atoms with van der Waals surface area (Å²) in [6.07, 6.45) is 1.99. The third-order valence-electron chi connectivity index (χ3n) is 3.20. The smallest absolute Gasteiger partial charge is 0.307 e. The topological polar surface area (TPSA) is 62.5 Å². The molecule has 0 radical (unpaired) electrons. The number of hydrogen-bond donors (Lipinski definition) is 1. The second-order valence-corrected chi connectivity index (χ2v) is 5.61. The summed E-state index contributed by atoms with van der Waals surface area (Å²) in [6, 6.07) is 0. The van der Waals surface area contributed by atoms with Crippen molar-refractivity contribution in [2.45, 2.75) is 39.3 Å². The van der Waals surface area contributed by atoms with Gasteiger partial charge in [-0.05, 0) is 13.0 Å². The monoisotopic (exact) mass is 270 g/mol. The Morgan fingerprint density at radius 3 is 2.89 bits per heavy atom. The predicted molar refractivity (Wildman–Crippen MR) is 70.1 cm³/mol. The molecule has 0 aromatic carbocycles. The molecule has 2 heterocycles. The quantitative estimate of drug-likeness (QED) is 0.872. The molecule has 0 spiro atoms. The van der Waals surface area contributed by atoms with E-state index in [0.717, 1.165) is 43.0 Å². The molecule has 1 aliphatic rings. The third kappa shape index (κ3) is 2.81. The fraction of sp³-hybridized carbons (Fsp3) is 0.667. The maximum absolute atomic E-state index is 11.9. The summed E-state index contributed by atoms with van der Waals surface area (Å²) in [5, 5.41) is 8.70. The van der Waals surface area contributed by atoms with Gasteiger partial charge in [0.2, 0.25) is 0 Å². The molecular weight excluding hydrogens is 252 g/mol. The van der Waals surface area contributed by atoms with Crippen molar-refractivity contribution in [3.8, 4) is 0 Å². The predicted octanol–water partition coefficient (Wildman–Crippen LogP) is 1.15. The number of thiazole rings is 1. The van der Waals surface area contributed by atoms with E-state index >= 15 is 0 Å². The van der Waals surface area contributed by atoms with Crippen LogP contribution in [0, 0.1) is 0 Å². The number of carbonyl (C=O) groups is 1. The molecule has 0 atom stereocenters. The van der Waals surface area contributed by atoms with E-state index in [4.69, 9.17) is 5.11 Å². The van der Waals surface area contributed by atoms with E-state index in [9.17, 15) is 9.59 Å². The Morgan fingerprint density at radius 1 is 1.44 bits per heavy atom. The molecular formula is C12H18N2O3S. The number of hydrogen-bond acceptors (Lipinski definition) is 4. The molecule has 5 nitrogen and oxygen atoms in total. The Hall–Kier alpha value is -1.14. The van der Waals surface area contributed by atoms with Gasteiger partial charge in [-0.25, -0.2) is 0 Å². The third-order valence-corrected chi connectivity index (χ3v) is 4.21. The lowest BCUT2D eigenvalue weighted by Crippen LogP contribution is -2.32. The van der Waals surface area contributed by atoms with Crippen LogP contribution in [0.1, 0.15) is 30.3 Å². The summed E-state index contributed by atoms with van der Waals surface area (Å²) in [7, 11) is 0. The van der Waals surface area contributed by atoms with Crippen LogP contribution in [0.3, 0.4) is 0 Å². The van der Waals surface area contributed by atoms with Gasteiger partial charge >= 0.3 is 10.8 Å². The van der Waals surface area contributed by atoms with E-state index in [1.807, 2.05) is 0 Å². The molecule has 0 aliphatic carbocycles. The summed E-state index contributed by atoms with van der Waals surface area (Å²) in [6.45, 7) is 5.30. The lowest BCUT2D eigenvalue weighted by atomic mass is 10.1. The van der Waals surface area contributed by atoms with Gasteiger partial charge in [-0.2, -0.15) is 0 Å². The fourth-order valence-corrected chi connectivity index (χ4v) is 3.46. The van der Waals surface area contributed by atoms with Crippen molar-refractivity contribution in [1.82, 2.24) is 9.47 Å². The van der Waals surface area contributed by atoms with Crippen LogP contribution in [0.15, 0.2) is 4.79 Å². The number of aromatic nitrogens is 1. The molecule has 0 saturated carbocycles. The van der Waals surface area contributed by atoms with Crippen LogP contribution in [-0.4, -0.2) is 33.6 Å². The summed E-state index contributed by atoms with van der Waals surface area (Å²) in [5.74, 6) is -0.856. The molecule has 0 saturated heterocycles. The maximum Gasteiger partial charge on any atom is 0.307 e. The van der Waals surface area contributed by atoms with Gasteiger partial charge in [-0.1, -0.05) is 18.3 Å². The molecule has 6 heteroatoms. The van der Waals surface area contributed by atoms with E-state index in [0.29, 0.717) is 6.54 Å². The first-order valence-corrected chi connectivity index (χ1v) is 7.09. The molecule has 2 rings (SSSR count). The van der Waals surface area contributed by atoms with E-state index in [1.54, 1.807) is 4.57 Å². The molecule has 1 aromatic rings. The maximum atomic E-state index is 11.9. The van der Waals surface area contributed by atoms with Gasteiger partial charge in [0, 0.05) is 36.6 Å². The fourth-order valence-electron chi connectivity index (χ4n) is 2.36. The van der Waals surface area contributed by atoms with Crippen LogP contribution in [0.5, 0.6) is 0 Å². The van der Waals surface area contributed by atoms with Gasteiger partial charge in [0.05, 0.1) is 6.42 Å². The van der Waals surface area contributed by atoms with E-state index in [1.165, 1.54) is 11.3 Å². The number of nitrogens with zero attached hydrogens (tertiary/aromatic N) is 2. The first kappa shape index (κ1) is 13.3. The van der Waals surface area contributed by atoms with Crippen molar-refractivity contribution in [3.05, 3.63) is 20.2 Å². The number of carboxylic acid groups (broad SMARTS) is 1. The normalized spacial score (nSPS) is 15.6. The van der Waals surface area contributed by atoms with Crippen molar-refractivity contribution in [2.75, 3.05) is 13.1 Å². The van der Waals surface area contributed by atoms with Crippen molar-refractivity contribution in [1.29, 1.82) is 0 Å². The highest BCUT2D eigenvalue weighted by molar-refractivity contribution is 7.09. The minimum Gasteiger partial charge on any atom is -0.481 e. The second-order valence-electron chi connectivity index (χ2n) is 4.56. The van der Waals surface area contributed by atoms with Crippen LogP contribution in [0.2, 0.25) is 0 Å². The van der Waals surface area contributed by atoms with Crippen LogP contribution >= 0.6 is 11.3 Å². The van der Waals surface area contributed by atoms with Crippen molar-refractivity contribution in [3.63, 3.8) is 0 Å². The molecule has 0 unspecified atom stereocenters. The summed E-state index contributed by atoms with van der Waals surface area (Å²) in [4.78, 5) is 25.9. The van der Waals surface area contributed by atoms with Crippen molar-refractivity contribution < 1.29 is 9.90 Å². The van der Waals surface area contributed by atoms with Crippen LogP contribution < -0.4 is 4.87 Å². The lowest BCUT2D eigenvalue weighted by Gasteiger charge is -2.26. The van der Waals surface area contributed by atoms with Gasteiger partial charge in [-0.15, -0.1) is 0 Å². The minimum absolute atomic E-state index is 0.0143. The zero-order valence-corrected chi connectivity index (χ0v) is 11.3. The number of fused-ring (bicyclic) bond motifs is 1. The number of rotatable bonds is 5. The van der Waals surface area contributed by atoms with Gasteiger partial charge in [0.1, 0.15) is 0 Å². The first-order chi connectivity index (χ1) is 8.61. The van der Waals surface area contributed by atoms with Gasteiger partial charge in [0.15, 0.2) is 0 Å². The Morgan fingerprint density at radius 2 is 2.22 bits per heavy atom. The highest BCUT2D eigenvalue weighted by Gasteiger charge is 2.22. The van der Waals surface area contributed by atoms with Crippen molar-refractivity contribution in [2.24, 2.45) is 0 Å². The summed E-state index contributed by atoms with van der Waals surface area (Å²) in [5.41, 5.74) is 1.05. The largest absolute Gasteiger partial charge is 0.481 e. The number of aliphatic carboxylic acids is 1. The van der Waals surface area contributed by atoms with Crippen LogP contribution in [0.4, 0.5) is 0 Å². The highest BCUT2D eigenvalue weighted by atomic mass is 32.1. The van der Waals surface area contributed by atoms with E-state index in [2.05, 4.69) is 11.8 Å². The molecule has 100 valence electrons. The zero-order chi connectivity index (χ0) is 13.1. The molecule has 18 heavy (non-hydrogen) atoms. The van der Waals surface area contributed by atoms with Crippen LogP contribution in [-0.2, 0) is 24.3 Å². The zero-order valence-electron chi connectivity index (χ0n) is 10.5. The SMILES string of the molecule is CCCN1CCc2c(sc(=O)n2CCC(=O)O)C1.